The third kappa shape index (κ3) is 19.1. The summed E-state index contributed by atoms with van der Waals surface area (Å²) in [6.07, 6.45) is 1.11. The van der Waals surface area contributed by atoms with Gasteiger partial charge in [0.2, 0.25) is 0 Å². The maximum atomic E-state index is 9.84. The average molecular weight is 131 g/mol. The van der Waals surface area contributed by atoms with Gasteiger partial charge in [-0.1, -0.05) is 6.58 Å². The van der Waals surface area contributed by atoms with Crippen molar-refractivity contribution in [2.24, 2.45) is 0 Å². The van der Waals surface area contributed by atoms with E-state index < -0.39 is 5.97 Å². The van der Waals surface area contributed by atoms with Gasteiger partial charge in [0.05, 0.1) is 7.11 Å². The van der Waals surface area contributed by atoms with Crippen molar-refractivity contribution >= 4 is 5.97 Å². The zero-order chi connectivity index (χ0) is 7.70. The lowest BCUT2D eigenvalue weighted by Crippen LogP contribution is -1.91. The molecule has 9 heavy (non-hydrogen) atoms. The lowest BCUT2D eigenvalue weighted by molar-refractivity contribution is -0.134. The van der Waals surface area contributed by atoms with Crippen molar-refractivity contribution in [2.75, 3.05) is 13.7 Å². The zero-order valence-electron chi connectivity index (χ0n) is 5.46. The fourth-order valence-corrected chi connectivity index (χ4v) is 0.0833. The lowest BCUT2D eigenvalue weighted by atomic mass is 10.7. The summed E-state index contributed by atoms with van der Waals surface area (Å²) in [4.78, 5) is 9.84. The van der Waals surface area contributed by atoms with Crippen LogP contribution in [-0.4, -0.2) is 24.8 Å². The molecular weight excluding hydrogens is 120 g/mol. The summed E-state index contributed by atoms with van der Waals surface area (Å²) in [6, 6.07) is 0. The van der Waals surface area contributed by atoms with Crippen molar-refractivity contribution in [3.05, 3.63) is 19.6 Å². The van der Waals surface area contributed by atoms with Gasteiger partial charge in [0, 0.05) is 12.7 Å². The van der Waals surface area contributed by atoms with Gasteiger partial charge in [0.15, 0.2) is 0 Å². The predicted octanol–water partition coefficient (Wildman–Crippen LogP) is 0.158. The lowest BCUT2D eigenvalue weighted by Gasteiger charge is -1.83. The number of rotatable bonds is 1. The molecule has 0 heterocycles. The average Bonchev–Trinajstić information content (AvgIpc) is 1.88. The number of aliphatic hydroxyl groups is 1. The molecule has 0 saturated carbocycles. The zero-order valence-corrected chi connectivity index (χ0v) is 5.46. The summed E-state index contributed by atoms with van der Waals surface area (Å²) in [5.41, 5.74) is 0. The largest absolute Gasteiger partial charge is 0.466 e. The molecule has 0 saturated heterocycles. The molecule has 0 spiro atoms. The first kappa shape index (κ1) is 11.0. The number of carbonyl (C=O) groups is 1. The quantitative estimate of drug-likeness (QED) is 0.407. The number of hydrogen-bond acceptors (Lipinski definition) is 3. The van der Waals surface area contributed by atoms with Crippen LogP contribution in [-0.2, 0) is 9.53 Å². The number of ether oxygens (including phenoxy) is 1. The van der Waals surface area contributed by atoms with Gasteiger partial charge in [0.25, 0.3) is 0 Å². The summed E-state index contributed by atoms with van der Waals surface area (Å²) in [5, 5.41) is 7.46. The fourth-order valence-electron chi connectivity index (χ4n) is 0.0833. The molecule has 1 radical (unpaired) electrons. The van der Waals surface area contributed by atoms with Crippen molar-refractivity contribution in [2.45, 2.75) is 0 Å². The normalized spacial score (nSPS) is 6.56. The van der Waals surface area contributed by atoms with Crippen LogP contribution in [0.3, 0.4) is 0 Å². The van der Waals surface area contributed by atoms with Crippen LogP contribution in [0.4, 0.5) is 0 Å². The van der Waals surface area contributed by atoms with Crippen LogP contribution in [0, 0.1) is 6.92 Å². The number of carbonyl (C=O) groups excluding carboxylic acids is 1. The van der Waals surface area contributed by atoms with E-state index in [1.807, 2.05) is 0 Å². The molecule has 0 aliphatic carbocycles. The van der Waals surface area contributed by atoms with E-state index in [0.29, 0.717) is 0 Å². The van der Waals surface area contributed by atoms with Crippen molar-refractivity contribution < 1.29 is 14.6 Å². The number of aliphatic hydroxyl groups excluding tert-OH is 1. The first-order valence-corrected chi connectivity index (χ1v) is 2.33. The Morgan fingerprint density at radius 3 is 2.22 bits per heavy atom. The minimum Gasteiger partial charge on any atom is -0.466 e. The molecule has 0 aromatic heterocycles. The van der Waals surface area contributed by atoms with Gasteiger partial charge >= 0.3 is 5.97 Å². The Kier molecular flexibility index (Phi) is 12.5. The Bertz CT molecular complexity index is 78.4. The molecule has 0 atom stereocenters. The highest BCUT2D eigenvalue weighted by Crippen LogP contribution is 1.67. The Balaban J connectivity index is 0. The van der Waals surface area contributed by atoms with Crippen LogP contribution < -0.4 is 0 Å². The maximum Gasteiger partial charge on any atom is 0.329 e. The molecule has 0 unspecified atom stereocenters. The molecular formula is C6H11O3. The molecule has 0 fully saturated rings. The van der Waals surface area contributed by atoms with E-state index in [4.69, 9.17) is 5.11 Å². The third-order valence-electron chi connectivity index (χ3n) is 0.368. The van der Waals surface area contributed by atoms with E-state index in [1.165, 1.54) is 7.11 Å². The van der Waals surface area contributed by atoms with Crippen molar-refractivity contribution in [3.63, 3.8) is 0 Å². The molecule has 0 aromatic carbocycles. The van der Waals surface area contributed by atoms with Gasteiger partial charge in [0.1, 0.15) is 0 Å². The molecule has 3 heteroatoms. The van der Waals surface area contributed by atoms with Crippen LogP contribution in [0.15, 0.2) is 12.7 Å². The smallest absolute Gasteiger partial charge is 0.329 e. The van der Waals surface area contributed by atoms with Gasteiger partial charge in [-0.15, -0.1) is 0 Å². The fraction of sp³-hybridized carbons (Fsp3) is 0.333. The monoisotopic (exact) mass is 131 g/mol. The van der Waals surface area contributed by atoms with Gasteiger partial charge < -0.3 is 9.84 Å². The van der Waals surface area contributed by atoms with Gasteiger partial charge in [-0.05, 0) is 6.92 Å². The van der Waals surface area contributed by atoms with E-state index in [2.05, 4.69) is 18.2 Å². The summed E-state index contributed by atoms with van der Waals surface area (Å²) in [6.45, 7) is 6.20. The van der Waals surface area contributed by atoms with Crippen LogP contribution in [0.1, 0.15) is 0 Å². The minimum atomic E-state index is -0.394. The molecule has 0 aliphatic rings. The van der Waals surface area contributed by atoms with E-state index in [9.17, 15) is 4.79 Å². The van der Waals surface area contributed by atoms with Crippen molar-refractivity contribution in [3.8, 4) is 0 Å². The highest BCUT2D eigenvalue weighted by molar-refractivity contribution is 5.80. The SMILES string of the molecule is C=CC(=O)OC.[CH2]CO. The summed E-state index contributed by atoms with van der Waals surface area (Å²) in [5.74, 6) is -0.394. The Labute approximate surface area is 54.9 Å². The van der Waals surface area contributed by atoms with Crippen LogP contribution in [0.2, 0.25) is 0 Å². The standard InChI is InChI=1S/C4H6O2.C2H5O/c1-3-4(5)6-2;1-2-3/h3H,1H2,2H3;3H,1-2H2. The van der Waals surface area contributed by atoms with E-state index in [-0.39, 0.29) is 6.61 Å². The Morgan fingerprint density at radius 1 is 1.89 bits per heavy atom. The molecule has 53 valence electrons. The van der Waals surface area contributed by atoms with Gasteiger partial charge in [-0.3, -0.25) is 0 Å². The molecule has 0 aromatic rings. The maximum absolute atomic E-state index is 9.84. The first-order chi connectivity index (χ1) is 4.22. The molecule has 1 N–H and O–H groups in total. The minimum absolute atomic E-state index is 0. The van der Waals surface area contributed by atoms with Crippen molar-refractivity contribution in [1.82, 2.24) is 0 Å². The molecule has 0 aliphatic heterocycles. The summed E-state index contributed by atoms with van der Waals surface area (Å²) < 4.78 is 4.14. The van der Waals surface area contributed by atoms with E-state index in [1.54, 1.807) is 0 Å². The van der Waals surface area contributed by atoms with Gasteiger partial charge in [-0.25, -0.2) is 4.79 Å². The second-order valence-corrected chi connectivity index (χ2v) is 0.951. The van der Waals surface area contributed by atoms with Crippen LogP contribution in [0.25, 0.3) is 0 Å². The number of hydrogen-bond donors (Lipinski definition) is 1. The first-order valence-electron chi connectivity index (χ1n) is 2.33. The summed E-state index contributed by atoms with van der Waals surface area (Å²) >= 11 is 0. The second kappa shape index (κ2) is 10.2. The Hall–Kier alpha value is -0.830. The molecule has 0 amide bonds. The van der Waals surface area contributed by atoms with Crippen molar-refractivity contribution in [1.29, 1.82) is 0 Å². The third-order valence-corrected chi connectivity index (χ3v) is 0.368. The predicted molar refractivity (Wildman–Crippen MR) is 34.7 cm³/mol. The number of methoxy groups -OCH3 is 1. The molecule has 0 rings (SSSR count). The highest BCUT2D eigenvalue weighted by atomic mass is 16.5. The van der Waals surface area contributed by atoms with E-state index in [0.717, 1.165) is 6.08 Å². The molecule has 3 nitrogen and oxygen atoms in total. The molecule has 0 bridgehead atoms. The summed E-state index contributed by atoms with van der Waals surface area (Å²) in [7, 11) is 1.31. The van der Waals surface area contributed by atoms with Crippen LogP contribution >= 0.6 is 0 Å². The topological polar surface area (TPSA) is 46.5 Å². The second-order valence-electron chi connectivity index (χ2n) is 0.951. The highest BCUT2D eigenvalue weighted by Gasteiger charge is 1.81. The number of esters is 1. The Morgan fingerprint density at radius 2 is 2.22 bits per heavy atom. The van der Waals surface area contributed by atoms with Gasteiger partial charge in [-0.2, -0.15) is 0 Å². The van der Waals surface area contributed by atoms with E-state index >= 15 is 0 Å². The van der Waals surface area contributed by atoms with Crippen LogP contribution in [0.5, 0.6) is 0 Å².